The molecule has 3 fully saturated rings. The van der Waals surface area contributed by atoms with Crippen LogP contribution in [0.2, 0.25) is 0 Å². The van der Waals surface area contributed by atoms with Crippen molar-refractivity contribution in [3.05, 3.63) is 35.5 Å². The van der Waals surface area contributed by atoms with E-state index in [9.17, 15) is 14.1 Å². The third kappa shape index (κ3) is 7.18. The van der Waals surface area contributed by atoms with E-state index >= 15 is 0 Å². The van der Waals surface area contributed by atoms with E-state index in [0.717, 1.165) is 78.6 Å². The van der Waals surface area contributed by atoms with E-state index in [1.807, 2.05) is 20.0 Å². The quantitative estimate of drug-likeness (QED) is 0.561. The van der Waals surface area contributed by atoms with Gasteiger partial charge in [0.25, 0.3) is 0 Å². The number of carbonyl (C=O) groups excluding carboxylic acids is 1. The molecule has 0 spiro atoms. The van der Waals surface area contributed by atoms with Crippen molar-refractivity contribution in [2.75, 3.05) is 36.1 Å². The van der Waals surface area contributed by atoms with Crippen molar-refractivity contribution >= 4 is 33.7 Å². The number of rotatable bonds is 6. The van der Waals surface area contributed by atoms with Crippen LogP contribution in [0.5, 0.6) is 0 Å². The van der Waals surface area contributed by atoms with Gasteiger partial charge < -0.3 is 15.3 Å². The van der Waals surface area contributed by atoms with Gasteiger partial charge in [0.1, 0.15) is 10.5 Å². The van der Waals surface area contributed by atoms with Gasteiger partial charge in [-0.1, -0.05) is 45.2 Å². The van der Waals surface area contributed by atoms with Crippen molar-refractivity contribution < 1.29 is 14.1 Å². The lowest BCUT2D eigenvalue weighted by atomic mass is 9.88. The van der Waals surface area contributed by atoms with Crippen LogP contribution in [0.3, 0.4) is 0 Å². The highest BCUT2D eigenvalue weighted by molar-refractivity contribution is 7.85. The highest BCUT2D eigenvalue weighted by Gasteiger charge is 2.45. The summed E-state index contributed by atoms with van der Waals surface area (Å²) in [5, 5.41) is 22.1. The highest BCUT2D eigenvalue weighted by atomic mass is 32.2. The van der Waals surface area contributed by atoms with E-state index in [-0.39, 0.29) is 23.8 Å². The third-order valence-corrected chi connectivity index (χ3v) is 10.2. The number of carbonyl (C=O) groups is 1. The SMILES string of the molecule is CC(C)(CO)c1ncc(-c2ccc(N3CCS(=O)CC3)cc2)s1.N#CC1(NC(=O)C2CCCCC2)CC1. The average Bonchev–Trinajstić information content (AvgIpc) is 3.51. The van der Waals surface area contributed by atoms with Crippen LogP contribution in [0.4, 0.5) is 5.69 Å². The fraction of sp³-hybridized carbons (Fsp3) is 0.607. The smallest absolute Gasteiger partial charge is 0.224 e. The molecule has 3 aliphatic rings. The summed E-state index contributed by atoms with van der Waals surface area (Å²) in [6.07, 6.45) is 9.16. The Kier molecular flexibility index (Phi) is 9.04. The van der Waals surface area contributed by atoms with Gasteiger partial charge in [-0.25, -0.2) is 4.98 Å². The number of nitrogens with one attached hydrogen (secondary N) is 1. The van der Waals surface area contributed by atoms with Crippen molar-refractivity contribution in [2.45, 2.75) is 69.7 Å². The molecule has 2 heterocycles. The average molecular weight is 543 g/mol. The number of thiazole rings is 1. The summed E-state index contributed by atoms with van der Waals surface area (Å²) in [6, 6.07) is 10.7. The highest BCUT2D eigenvalue weighted by Crippen LogP contribution is 2.36. The molecule has 0 radical (unpaired) electrons. The first-order valence-corrected chi connectivity index (χ1v) is 15.6. The number of amides is 1. The van der Waals surface area contributed by atoms with E-state index < -0.39 is 16.3 Å². The van der Waals surface area contributed by atoms with Gasteiger partial charge in [0, 0.05) is 58.6 Å². The van der Waals surface area contributed by atoms with E-state index in [2.05, 4.69) is 45.5 Å². The second kappa shape index (κ2) is 12.1. The minimum atomic E-state index is -0.644. The maximum absolute atomic E-state index is 11.8. The molecule has 1 saturated heterocycles. The first-order chi connectivity index (χ1) is 17.7. The number of aliphatic hydroxyl groups is 1. The molecule has 5 rings (SSSR count). The number of aromatic nitrogens is 1. The number of benzene rings is 1. The Bertz CT molecular complexity index is 1120. The predicted octanol–water partition coefficient (Wildman–Crippen LogP) is 4.39. The van der Waals surface area contributed by atoms with Crippen molar-refractivity contribution in [3.8, 4) is 16.5 Å². The maximum Gasteiger partial charge on any atom is 0.224 e. The zero-order valence-corrected chi connectivity index (χ0v) is 23.5. The molecule has 1 aromatic heterocycles. The van der Waals surface area contributed by atoms with Gasteiger partial charge in [0.15, 0.2) is 0 Å². The van der Waals surface area contributed by atoms with E-state index in [1.54, 1.807) is 11.3 Å². The predicted molar refractivity (Wildman–Crippen MR) is 150 cm³/mol. The first-order valence-electron chi connectivity index (χ1n) is 13.3. The molecule has 2 saturated carbocycles. The summed E-state index contributed by atoms with van der Waals surface area (Å²) in [4.78, 5) is 19.6. The molecule has 9 heteroatoms. The summed E-state index contributed by atoms with van der Waals surface area (Å²) < 4.78 is 11.4. The molecule has 7 nitrogen and oxygen atoms in total. The van der Waals surface area contributed by atoms with Crippen LogP contribution in [0.15, 0.2) is 30.5 Å². The molecule has 2 aromatic rings. The number of anilines is 1. The number of hydrogen-bond donors (Lipinski definition) is 2. The lowest BCUT2D eigenvalue weighted by molar-refractivity contribution is -0.126. The van der Waals surface area contributed by atoms with E-state index in [0.29, 0.717) is 0 Å². The molecule has 37 heavy (non-hydrogen) atoms. The van der Waals surface area contributed by atoms with Crippen LogP contribution in [0.1, 0.15) is 63.8 Å². The Balaban J connectivity index is 0.000000195. The van der Waals surface area contributed by atoms with Crippen LogP contribution in [0, 0.1) is 17.2 Å². The number of aliphatic hydroxyl groups excluding tert-OH is 1. The van der Waals surface area contributed by atoms with Crippen LogP contribution >= 0.6 is 11.3 Å². The largest absolute Gasteiger partial charge is 0.395 e. The summed E-state index contributed by atoms with van der Waals surface area (Å²) >= 11 is 1.63. The fourth-order valence-electron chi connectivity index (χ4n) is 4.61. The first kappa shape index (κ1) is 27.7. The summed E-state index contributed by atoms with van der Waals surface area (Å²) in [5.74, 6) is 1.81. The Labute approximate surface area is 226 Å². The zero-order valence-electron chi connectivity index (χ0n) is 21.9. The molecule has 1 aliphatic heterocycles. The lowest BCUT2D eigenvalue weighted by Gasteiger charge is -2.28. The number of nitrogens with zero attached hydrogens (tertiary/aromatic N) is 3. The molecule has 0 bridgehead atoms. The monoisotopic (exact) mass is 542 g/mol. The Hall–Kier alpha value is -2.28. The fourth-order valence-corrected chi connectivity index (χ4v) is 6.68. The molecule has 2 N–H and O–H groups in total. The molecule has 200 valence electrons. The van der Waals surface area contributed by atoms with Crippen LogP contribution < -0.4 is 10.2 Å². The molecule has 1 aromatic carbocycles. The van der Waals surface area contributed by atoms with Gasteiger partial charge in [-0.15, -0.1) is 11.3 Å². The number of hydrogen-bond acceptors (Lipinski definition) is 7. The summed E-state index contributed by atoms with van der Waals surface area (Å²) in [6.45, 7) is 5.82. The van der Waals surface area contributed by atoms with E-state index in [4.69, 9.17) is 5.26 Å². The van der Waals surface area contributed by atoms with Gasteiger partial charge in [0.2, 0.25) is 5.91 Å². The molecule has 0 unspecified atom stereocenters. The topological polar surface area (TPSA) is 106 Å². The van der Waals surface area contributed by atoms with E-state index in [1.165, 1.54) is 12.1 Å². The lowest BCUT2D eigenvalue weighted by Crippen LogP contribution is -2.40. The van der Waals surface area contributed by atoms with Crippen molar-refractivity contribution in [3.63, 3.8) is 0 Å². The molecule has 2 aliphatic carbocycles. The molecular formula is C28H38N4O3S2. The Morgan fingerprint density at radius 3 is 2.43 bits per heavy atom. The third-order valence-electron chi connectivity index (χ3n) is 7.48. The van der Waals surface area contributed by atoms with Gasteiger partial charge >= 0.3 is 0 Å². The second-order valence-electron chi connectivity index (χ2n) is 11.0. The molecule has 1 amide bonds. The normalized spacial score (nSPS) is 19.9. The standard InChI is InChI=1S/C17H22N2O2S2.C11H16N2O/c1-17(2,12-20)16-18-11-15(22-16)13-3-5-14(6-4-13)19-7-9-23(21)10-8-19;12-8-11(6-7-11)13-10(14)9-4-2-1-3-5-9/h3-6,11,20H,7-10,12H2,1-2H3;9H,1-7H2,(H,13,14). The van der Waals surface area contributed by atoms with Gasteiger partial charge in [0.05, 0.1) is 17.6 Å². The zero-order chi connectivity index (χ0) is 26.5. The molecular weight excluding hydrogens is 504 g/mol. The van der Waals surface area contributed by atoms with Gasteiger partial charge in [-0.3, -0.25) is 9.00 Å². The van der Waals surface area contributed by atoms with Crippen molar-refractivity contribution in [1.82, 2.24) is 10.3 Å². The van der Waals surface area contributed by atoms with Crippen LogP contribution in [-0.4, -0.2) is 56.9 Å². The van der Waals surface area contributed by atoms with Crippen molar-refractivity contribution in [1.29, 1.82) is 5.26 Å². The minimum Gasteiger partial charge on any atom is -0.395 e. The minimum absolute atomic E-state index is 0.0925. The van der Waals surface area contributed by atoms with Crippen molar-refractivity contribution in [2.24, 2.45) is 5.92 Å². The maximum atomic E-state index is 11.8. The Morgan fingerprint density at radius 1 is 1.22 bits per heavy atom. The van der Waals surface area contributed by atoms with Crippen LogP contribution in [0.25, 0.3) is 10.4 Å². The van der Waals surface area contributed by atoms with Gasteiger partial charge in [-0.05, 0) is 43.4 Å². The summed E-state index contributed by atoms with van der Waals surface area (Å²) in [7, 11) is -0.644. The summed E-state index contributed by atoms with van der Waals surface area (Å²) in [5.41, 5.74) is 1.55. The van der Waals surface area contributed by atoms with Crippen LogP contribution in [-0.2, 0) is 21.0 Å². The molecule has 0 atom stereocenters. The Morgan fingerprint density at radius 2 is 1.86 bits per heavy atom. The number of nitriles is 1. The van der Waals surface area contributed by atoms with Gasteiger partial charge in [-0.2, -0.15) is 5.26 Å². The second-order valence-corrected chi connectivity index (χ2v) is 13.7.